The maximum atomic E-state index is 9.50. The highest BCUT2D eigenvalue weighted by Crippen LogP contribution is 2.40. The van der Waals surface area contributed by atoms with Gasteiger partial charge in [0.2, 0.25) is 0 Å². The standard InChI is InChI=1S/C20H26O2/c1-4-19(14(3)15-6-10-17(21)11-7-15)20(5-2)16-8-12-18(22)13-9-16/h6-14,19-22H,4-5H2,1-3H3/t14-,19-,20-/m0/s1. The van der Waals surface area contributed by atoms with Gasteiger partial charge in [-0.3, -0.25) is 0 Å². The van der Waals surface area contributed by atoms with Crippen molar-refractivity contribution >= 4 is 0 Å². The lowest BCUT2D eigenvalue weighted by atomic mass is 9.73. The fourth-order valence-corrected chi connectivity index (χ4v) is 3.52. The summed E-state index contributed by atoms with van der Waals surface area (Å²) in [7, 11) is 0. The van der Waals surface area contributed by atoms with Crippen molar-refractivity contribution in [3.8, 4) is 11.5 Å². The van der Waals surface area contributed by atoms with E-state index in [2.05, 4.69) is 20.8 Å². The molecule has 0 heterocycles. The van der Waals surface area contributed by atoms with Crippen molar-refractivity contribution in [2.45, 2.75) is 45.4 Å². The van der Waals surface area contributed by atoms with Crippen LogP contribution in [0.3, 0.4) is 0 Å². The van der Waals surface area contributed by atoms with E-state index in [1.165, 1.54) is 11.1 Å². The molecular formula is C20H26O2. The molecule has 0 spiro atoms. The molecule has 0 fully saturated rings. The van der Waals surface area contributed by atoms with E-state index >= 15 is 0 Å². The third-order valence-electron chi connectivity index (χ3n) is 4.81. The number of hydrogen-bond acceptors (Lipinski definition) is 2. The molecule has 118 valence electrons. The van der Waals surface area contributed by atoms with Gasteiger partial charge < -0.3 is 10.2 Å². The highest BCUT2D eigenvalue weighted by Gasteiger charge is 2.26. The molecule has 0 aliphatic carbocycles. The van der Waals surface area contributed by atoms with E-state index in [9.17, 15) is 10.2 Å². The Morgan fingerprint density at radius 2 is 1.18 bits per heavy atom. The first-order chi connectivity index (χ1) is 10.6. The van der Waals surface area contributed by atoms with Gasteiger partial charge in [-0.1, -0.05) is 51.5 Å². The van der Waals surface area contributed by atoms with Crippen molar-refractivity contribution in [3.05, 3.63) is 59.7 Å². The smallest absolute Gasteiger partial charge is 0.115 e. The van der Waals surface area contributed by atoms with Crippen LogP contribution >= 0.6 is 0 Å². The summed E-state index contributed by atoms with van der Waals surface area (Å²) in [4.78, 5) is 0. The normalized spacial score (nSPS) is 15.2. The fourth-order valence-electron chi connectivity index (χ4n) is 3.52. The predicted molar refractivity (Wildman–Crippen MR) is 91.4 cm³/mol. The first-order valence-electron chi connectivity index (χ1n) is 8.14. The SMILES string of the molecule is CC[C@@H]([C@@H](C)c1ccc(O)cc1)[C@@H](CC)c1ccc(O)cc1. The number of rotatable bonds is 6. The first kappa shape index (κ1) is 16.4. The number of hydrogen-bond donors (Lipinski definition) is 2. The quantitative estimate of drug-likeness (QED) is 0.747. The average molecular weight is 298 g/mol. The summed E-state index contributed by atoms with van der Waals surface area (Å²) >= 11 is 0. The van der Waals surface area contributed by atoms with Crippen LogP contribution in [-0.2, 0) is 0 Å². The molecule has 0 aliphatic rings. The van der Waals surface area contributed by atoms with E-state index in [4.69, 9.17) is 0 Å². The van der Waals surface area contributed by atoms with Gasteiger partial charge >= 0.3 is 0 Å². The van der Waals surface area contributed by atoms with Crippen molar-refractivity contribution in [1.82, 2.24) is 0 Å². The summed E-state index contributed by atoms with van der Waals surface area (Å²) in [5, 5.41) is 19.0. The zero-order valence-corrected chi connectivity index (χ0v) is 13.7. The molecule has 3 atom stereocenters. The summed E-state index contributed by atoms with van der Waals surface area (Å²) in [6, 6.07) is 15.2. The van der Waals surface area contributed by atoms with E-state index in [0.29, 0.717) is 29.3 Å². The molecule has 0 saturated heterocycles. The lowest BCUT2D eigenvalue weighted by Crippen LogP contribution is -2.18. The Morgan fingerprint density at radius 3 is 1.59 bits per heavy atom. The largest absolute Gasteiger partial charge is 0.508 e. The van der Waals surface area contributed by atoms with E-state index in [1.807, 2.05) is 24.3 Å². The van der Waals surface area contributed by atoms with Crippen LogP contribution in [0.4, 0.5) is 0 Å². The summed E-state index contributed by atoms with van der Waals surface area (Å²) in [6.07, 6.45) is 2.17. The predicted octanol–water partition coefficient (Wildman–Crippen LogP) is 5.42. The van der Waals surface area contributed by atoms with Gasteiger partial charge in [0.1, 0.15) is 11.5 Å². The zero-order chi connectivity index (χ0) is 16.1. The topological polar surface area (TPSA) is 40.5 Å². The molecule has 22 heavy (non-hydrogen) atoms. The Labute approximate surface area is 133 Å². The Kier molecular flexibility index (Phi) is 5.48. The van der Waals surface area contributed by atoms with E-state index in [-0.39, 0.29) is 0 Å². The van der Waals surface area contributed by atoms with Gasteiger partial charge in [-0.05, 0) is 59.6 Å². The van der Waals surface area contributed by atoms with Crippen LogP contribution in [0.25, 0.3) is 0 Å². The summed E-state index contributed by atoms with van der Waals surface area (Å²) in [6.45, 7) is 6.73. The molecule has 0 unspecified atom stereocenters. The molecule has 0 saturated carbocycles. The molecule has 0 aromatic heterocycles. The number of phenolic OH excluding ortho intramolecular Hbond substituents is 2. The molecular weight excluding hydrogens is 272 g/mol. The highest BCUT2D eigenvalue weighted by atomic mass is 16.3. The fraction of sp³-hybridized carbons (Fsp3) is 0.400. The summed E-state index contributed by atoms with van der Waals surface area (Å²) < 4.78 is 0. The van der Waals surface area contributed by atoms with Crippen LogP contribution in [0.1, 0.15) is 56.6 Å². The molecule has 0 bridgehead atoms. The second-order valence-corrected chi connectivity index (χ2v) is 6.06. The zero-order valence-electron chi connectivity index (χ0n) is 13.7. The summed E-state index contributed by atoms with van der Waals surface area (Å²) in [5.74, 6) is 2.05. The maximum Gasteiger partial charge on any atom is 0.115 e. The van der Waals surface area contributed by atoms with Gasteiger partial charge in [-0.25, -0.2) is 0 Å². The lowest BCUT2D eigenvalue weighted by molar-refractivity contribution is 0.345. The number of aromatic hydroxyl groups is 2. The highest BCUT2D eigenvalue weighted by molar-refractivity contribution is 5.31. The Bertz CT molecular complexity index is 572. The number of benzene rings is 2. The van der Waals surface area contributed by atoms with Gasteiger partial charge in [0.05, 0.1) is 0 Å². The molecule has 2 nitrogen and oxygen atoms in total. The molecule has 2 aromatic rings. The van der Waals surface area contributed by atoms with Gasteiger partial charge in [-0.15, -0.1) is 0 Å². The monoisotopic (exact) mass is 298 g/mol. The minimum atomic E-state index is 0.314. The van der Waals surface area contributed by atoms with Crippen molar-refractivity contribution in [2.75, 3.05) is 0 Å². The van der Waals surface area contributed by atoms with Crippen molar-refractivity contribution in [3.63, 3.8) is 0 Å². The first-order valence-corrected chi connectivity index (χ1v) is 8.14. The van der Waals surface area contributed by atoms with Gasteiger partial charge in [0.25, 0.3) is 0 Å². The minimum Gasteiger partial charge on any atom is -0.508 e. The Morgan fingerprint density at radius 1 is 0.727 bits per heavy atom. The molecule has 2 N–H and O–H groups in total. The second-order valence-electron chi connectivity index (χ2n) is 6.06. The van der Waals surface area contributed by atoms with Crippen molar-refractivity contribution < 1.29 is 10.2 Å². The molecule has 0 radical (unpaired) electrons. The van der Waals surface area contributed by atoms with Crippen LogP contribution in [0.5, 0.6) is 11.5 Å². The van der Waals surface area contributed by atoms with Gasteiger partial charge in [-0.2, -0.15) is 0 Å². The van der Waals surface area contributed by atoms with Crippen LogP contribution in [0.2, 0.25) is 0 Å². The molecule has 2 rings (SSSR count). The van der Waals surface area contributed by atoms with E-state index in [0.717, 1.165) is 12.8 Å². The summed E-state index contributed by atoms with van der Waals surface area (Å²) in [5.41, 5.74) is 2.56. The molecule has 2 aromatic carbocycles. The van der Waals surface area contributed by atoms with E-state index < -0.39 is 0 Å². The van der Waals surface area contributed by atoms with Crippen molar-refractivity contribution in [1.29, 1.82) is 0 Å². The van der Waals surface area contributed by atoms with E-state index in [1.54, 1.807) is 24.3 Å². The third-order valence-corrected chi connectivity index (χ3v) is 4.81. The minimum absolute atomic E-state index is 0.314. The molecule has 2 heteroatoms. The number of phenols is 2. The average Bonchev–Trinajstić information content (AvgIpc) is 2.53. The molecule has 0 aliphatic heterocycles. The van der Waals surface area contributed by atoms with Crippen LogP contribution in [0.15, 0.2) is 48.5 Å². The van der Waals surface area contributed by atoms with Gasteiger partial charge in [0, 0.05) is 0 Å². The Hall–Kier alpha value is -1.96. The van der Waals surface area contributed by atoms with Gasteiger partial charge in [0.15, 0.2) is 0 Å². The molecule has 0 amide bonds. The Balaban J connectivity index is 2.27. The van der Waals surface area contributed by atoms with Crippen LogP contribution in [-0.4, -0.2) is 10.2 Å². The second kappa shape index (κ2) is 7.35. The van der Waals surface area contributed by atoms with Crippen LogP contribution in [0, 0.1) is 5.92 Å². The van der Waals surface area contributed by atoms with Crippen LogP contribution < -0.4 is 0 Å². The maximum absolute atomic E-state index is 9.50. The lowest BCUT2D eigenvalue weighted by Gasteiger charge is -2.31. The van der Waals surface area contributed by atoms with Crippen molar-refractivity contribution in [2.24, 2.45) is 5.92 Å². The third kappa shape index (κ3) is 3.62.